The lowest BCUT2D eigenvalue weighted by atomic mass is 10.1. The van der Waals surface area contributed by atoms with Crippen LogP contribution in [0.1, 0.15) is 22.3 Å². The first-order valence-electron chi connectivity index (χ1n) is 5.20. The number of nitrogens with zero attached hydrogens (tertiary/aromatic N) is 3. The topological polar surface area (TPSA) is 77.9 Å². The van der Waals surface area contributed by atoms with E-state index < -0.39 is 5.82 Å². The smallest absolute Gasteiger partial charge is 0.251 e. The normalized spacial score (nSPS) is 9.53. The standard InChI is InChI=1S/C11H13FN4O/c1-8-3-4-9(7-10(8)12)11(17)14-5-2-6-15-16-13/h3-4,7H,2,5-6H2,1H3,(H,14,17). The van der Waals surface area contributed by atoms with E-state index in [1.54, 1.807) is 19.1 Å². The van der Waals surface area contributed by atoms with Crippen molar-refractivity contribution in [3.63, 3.8) is 0 Å². The molecule has 1 aromatic carbocycles. The highest BCUT2D eigenvalue weighted by molar-refractivity contribution is 5.94. The van der Waals surface area contributed by atoms with Crippen LogP contribution in [0.25, 0.3) is 10.4 Å². The van der Waals surface area contributed by atoms with Crippen LogP contribution in [0.4, 0.5) is 4.39 Å². The highest BCUT2D eigenvalue weighted by Gasteiger charge is 2.06. The molecule has 0 atom stereocenters. The van der Waals surface area contributed by atoms with E-state index >= 15 is 0 Å². The fraction of sp³-hybridized carbons (Fsp3) is 0.364. The Morgan fingerprint density at radius 3 is 3.00 bits per heavy atom. The maximum absolute atomic E-state index is 13.2. The third-order valence-electron chi connectivity index (χ3n) is 2.22. The SMILES string of the molecule is Cc1ccc(C(=O)NCCCN=[N+]=[N-])cc1F. The minimum Gasteiger partial charge on any atom is -0.352 e. The molecule has 0 heterocycles. The number of hydrogen-bond donors (Lipinski definition) is 1. The van der Waals surface area contributed by atoms with Crippen LogP contribution >= 0.6 is 0 Å². The average molecular weight is 236 g/mol. The summed E-state index contributed by atoms with van der Waals surface area (Å²) < 4.78 is 13.2. The van der Waals surface area contributed by atoms with E-state index in [9.17, 15) is 9.18 Å². The van der Waals surface area contributed by atoms with Crippen molar-refractivity contribution in [1.29, 1.82) is 0 Å². The minimum atomic E-state index is -0.397. The summed E-state index contributed by atoms with van der Waals surface area (Å²) in [6.45, 7) is 2.36. The molecule has 1 amide bonds. The van der Waals surface area contributed by atoms with E-state index in [1.807, 2.05) is 0 Å². The molecule has 0 saturated heterocycles. The van der Waals surface area contributed by atoms with Crippen molar-refractivity contribution in [3.8, 4) is 0 Å². The van der Waals surface area contributed by atoms with Crippen LogP contribution in [0.15, 0.2) is 23.3 Å². The van der Waals surface area contributed by atoms with E-state index in [0.29, 0.717) is 25.1 Å². The number of benzene rings is 1. The largest absolute Gasteiger partial charge is 0.352 e. The van der Waals surface area contributed by atoms with Gasteiger partial charge in [0.1, 0.15) is 5.82 Å². The number of hydrogen-bond acceptors (Lipinski definition) is 2. The number of carbonyl (C=O) groups excluding carboxylic acids is 1. The first kappa shape index (κ1) is 13.0. The van der Waals surface area contributed by atoms with Crippen molar-refractivity contribution in [2.45, 2.75) is 13.3 Å². The quantitative estimate of drug-likeness (QED) is 0.362. The summed E-state index contributed by atoms with van der Waals surface area (Å²) >= 11 is 0. The maximum Gasteiger partial charge on any atom is 0.251 e. The van der Waals surface area contributed by atoms with Crippen LogP contribution in [0.2, 0.25) is 0 Å². The Labute approximate surface area is 98.3 Å². The summed E-state index contributed by atoms with van der Waals surface area (Å²) in [5.74, 6) is -0.725. The zero-order valence-electron chi connectivity index (χ0n) is 9.48. The van der Waals surface area contributed by atoms with Gasteiger partial charge in [0.2, 0.25) is 0 Å². The zero-order chi connectivity index (χ0) is 12.7. The van der Waals surface area contributed by atoms with Crippen molar-refractivity contribution < 1.29 is 9.18 Å². The van der Waals surface area contributed by atoms with Gasteiger partial charge < -0.3 is 5.32 Å². The number of nitrogens with one attached hydrogen (secondary N) is 1. The average Bonchev–Trinajstić information content (AvgIpc) is 2.32. The lowest BCUT2D eigenvalue weighted by molar-refractivity contribution is 0.0953. The summed E-state index contributed by atoms with van der Waals surface area (Å²) in [7, 11) is 0. The van der Waals surface area contributed by atoms with Gasteiger partial charge in [0.05, 0.1) is 0 Å². The van der Waals surface area contributed by atoms with Crippen LogP contribution in [-0.2, 0) is 0 Å². The van der Waals surface area contributed by atoms with Crippen LogP contribution < -0.4 is 5.32 Å². The number of amides is 1. The Morgan fingerprint density at radius 2 is 2.35 bits per heavy atom. The molecule has 0 aliphatic rings. The minimum absolute atomic E-state index is 0.289. The molecule has 0 fully saturated rings. The predicted molar refractivity (Wildman–Crippen MR) is 62.1 cm³/mol. The second kappa shape index (κ2) is 6.50. The van der Waals surface area contributed by atoms with E-state index in [1.165, 1.54) is 6.07 Å². The van der Waals surface area contributed by atoms with Gasteiger partial charge in [-0.1, -0.05) is 11.2 Å². The molecule has 1 N–H and O–H groups in total. The molecule has 17 heavy (non-hydrogen) atoms. The van der Waals surface area contributed by atoms with Gasteiger partial charge in [-0.05, 0) is 36.6 Å². The fourth-order valence-corrected chi connectivity index (χ4v) is 1.23. The molecule has 0 aliphatic carbocycles. The maximum atomic E-state index is 13.2. The van der Waals surface area contributed by atoms with Gasteiger partial charge in [-0.25, -0.2) is 4.39 Å². The number of carbonyl (C=O) groups is 1. The van der Waals surface area contributed by atoms with Crippen molar-refractivity contribution in [3.05, 3.63) is 45.6 Å². The Morgan fingerprint density at radius 1 is 1.59 bits per heavy atom. The van der Waals surface area contributed by atoms with Crippen molar-refractivity contribution in [2.75, 3.05) is 13.1 Å². The molecule has 0 spiro atoms. The summed E-state index contributed by atoms with van der Waals surface area (Å²) in [5, 5.41) is 5.95. The summed E-state index contributed by atoms with van der Waals surface area (Å²) in [4.78, 5) is 14.2. The van der Waals surface area contributed by atoms with E-state index in [4.69, 9.17) is 5.53 Å². The second-order valence-corrected chi connectivity index (χ2v) is 3.53. The van der Waals surface area contributed by atoms with Crippen LogP contribution in [-0.4, -0.2) is 19.0 Å². The fourth-order valence-electron chi connectivity index (χ4n) is 1.23. The first-order chi connectivity index (χ1) is 8.15. The van der Waals surface area contributed by atoms with Crippen LogP contribution in [0, 0.1) is 12.7 Å². The summed E-state index contributed by atoms with van der Waals surface area (Å²) in [5.41, 5.74) is 8.83. The molecule has 1 aromatic rings. The van der Waals surface area contributed by atoms with Crippen LogP contribution in [0.5, 0.6) is 0 Å². The highest BCUT2D eigenvalue weighted by atomic mass is 19.1. The summed E-state index contributed by atoms with van der Waals surface area (Å²) in [6, 6.07) is 4.34. The second-order valence-electron chi connectivity index (χ2n) is 3.53. The van der Waals surface area contributed by atoms with Gasteiger partial charge >= 0.3 is 0 Å². The molecule has 5 nitrogen and oxygen atoms in total. The lowest BCUT2D eigenvalue weighted by Gasteiger charge is -2.05. The number of halogens is 1. The molecule has 0 aromatic heterocycles. The van der Waals surface area contributed by atoms with Gasteiger partial charge in [-0.3, -0.25) is 4.79 Å². The third-order valence-corrected chi connectivity index (χ3v) is 2.22. The van der Waals surface area contributed by atoms with Crippen molar-refractivity contribution >= 4 is 5.91 Å². The van der Waals surface area contributed by atoms with Gasteiger partial charge in [0.25, 0.3) is 5.91 Å². The van der Waals surface area contributed by atoms with Crippen molar-refractivity contribution in [1.82, 2.24) is 5.32 Å². The predicted octanol–water partition coefficient (Wildman–Crippen LogP) is 2.56. The number of aryl methyl sites for hydroxylation is 1. The number of rotatable bonds is 5. The molecule has 1 rings (SSSR count). The van der Waals surface area contributed by atoms with E-state index in [-0.39, 0.29) is 11.5 Å². The first-order valence-corrected chi connectivity index (χ1v) is 5.20. The Bertz CT molecular complexity index is 455. The monoisotopic (exact) mass is 236 g/mol. The Kier molecular flexibility index (Phi) is 4.97. The van der Waals surface area contributed by atoms with Gasteiger partial charge in [-0.2, -0.15) is 0 Å². The molecule has 0 aliphatic heterocycles. The van der Waals surface area contributed by atoms with Gasteiger partial charge in [0.15, 0.2) is 0 Å². The number of azide groups is 1. The molecule has 0 saturated carbocycles. The Balaban J connectivity index is 2.46. The molecule has 0 radical (unpaired) electrons. The molecule has 0 bridgehead atoms. The molecule has 0 unspecified atom stereocenters. The highest BCUT2D eigenvalue weighted by Crippen LogP contribution is 2.08. The van der Waals surface area contributed by atoms with Gasteiger partial charge in [-0.15, -0.1) is 0 Å². The molecular weight excluding hydrogens is 223 g/mol. The Hall–Kier alpha value is -2.07. The molecular formula is C11H13FN4O. The lowest BCUT2D eigenvalue weighted by Crippen LogP contribution is -2.25. The van der Waals surface area contributed by atoms with Crippen LogP contribution in [0.3, 0.4) is 0 Å². The third kappa shape index (κ3) is 4.12. The van der Waals surface area contributed by atoms with E-state index in [2.05, 4.69) is 15.3 Å². The van der Waals surface area contributed by atoms with Gasteiger partial charge in [0, 0.05) is 23.6 Å². The molecule has 6 heteroatoms. The summed E-state index contributed by atoms with van der Waals surface area (Å²) in [6.07, 6.45) is 0.560. The molecule has 90 valence electrons. The zero-order valence-corrected chi connectivity index (χ0v) is 9.48. The van der Waals surface area contributed by atoms with E-state index in [0.717, 1.165) is 0 Å². The van der Waals surface area contributed by atoms with Crippen molar-refractivity contribution in [2.24, 2.45) is 5.11 Å².